The third-order valence-corrected chi connectivity index (χ3v) is 0.0833. The van der Waals surface area contributed by atoms with Crippen molar-refractivity contribution in [1.82, 2.24) is 0 Å². The number of rotatable bonds is 0. The molecule has 0 nitrogen and oxygen atoms in total. The van der Waals surface area contributed by atoms with Crippen molar-refractivity contribution in [3.8, 4) is 5.92 Å². The molecule has 0 heterocycles. The van der Waals surface area contributed by atoms with Crippen LogP contribution in [0.15, 0.2) is 6.08 Å². The minimum Gasteiger partial charge on any atom is -0.531 e. The maximum atomic E-state index is 6.02. The molecule has 0 rings (SSSR count). The molecule has 0 aliphatic carbocycles. The SMILES string of the molecule is [C-]#CC=[CH-].[W+2]. The maximum absolute atomic E-state index is 6.02. The van der Waals surface area contributed by atoms with Gasteiger partial charge in [-0.05, 0) is 0 Å². The van der Waals surface area contributed by atoms with E-state index in [9.17, 15) is 0 Å². The molecule has 0 saturated carbocycles. The van der Waals surface area contributed by atoms with Gasteiger partial charge in [0.25, 0.3) is 0 Å². The maximum Gasteiger partial charge on any atom is 2.00 e. The number of hydrogen-bond donors (Lipinski definition) is 0. The van der Waals surface area contributed by atoms with Crippen molar-refractivity contribution in [2.75, 3.05) is 0 Å². The summed E-state index contributed by atoms with van der Waals surface area (Å²) in [6.07, 6.45) is 7.06. The minimum atomic E-state index is 0. The molecule has 0 radical (unpaired) electrons. The predicted octanol–water partition coefficient (Wildman–Crippen LogP) is 0.563. The fourth-order valence-corrected chi connectivity index (χ4v) is 0. The normalized spacial score (nSPS) is 3.00. The first kappa shape index (κ1) is 8.89. The Hall–Kier alpha value is -0.0117. The molecule has 1 heteroatoms. The zero-order chi connectivity index (χ0) is 3.41. The molecule has 5 heavy (non-hydrogen) atoms. The molecular formula is C4H2W. The van der Waals surface area contributed by atoms with Gasteiger partial charge in [0.05, 0.1) is 0 Å². The van der Waals surface area contributed by atoms with Gasteiger partial charge in [-0.2, -0.15) is 0 Å². The molecular weight excluding hydrogens is 232 g/mol. The topological polar surface area (TPSA) is 0 Å². The molecule has 0 bridgehead atoms. The molecule has 0 spiro atoms. The van der Waals surface area contributed by atoms with E-state index in [1.165, 1.54) is 0 Å². The monoisotopic (exact) mass is 234 g/mol. The Labute approximate surface area is 46.5 Å². The molecule has 24 valence electrons. The van der Waals surface area contributed by atoms with Crippen molar-refractivity contribution in [2.24, 2.45) is 0 Å². The molecule has 0 aromatic carbocycles. The Morgan fingerprint density at radius 2 is 2.00 bits per heavy atom. The van der Waals surface area contributed by atoms with Gasteiger partial charge in [0.1, 0.15) is 0 Å². The summed E-state index contributed by atoms with van der Waals surface area (Å²) in [5, 5.41) is 0. The molecule has 0 aliphatic rings. The molecule has 0 aliphatic heterocycles. The Kier molecular flexibility index (Phi) is 16.0. The quantitative estimate of drug-likeness (QED) is 0.424. The average molecular weight is 234 g/mol. The first-order valence-electron chi connectivity index (χ1n) is 0.872. The van der Waals surface area contributed by atoms with Crippen LogP contribution in [0.3, 0.4) is 0 Å². The smallest absolute Gasteiger partial charge is 0.531 e. The molecule has 0 fully saturated rings. The van der Waals surface area contributed by atoms with E-state index in [1.807, 2.05) is 5.92 Å². The van der Waals surface area contributed by atoms with Crippen LogP contribution < -0.4 is 0 Å². The molecule has 0 aromatic heterocycles. The van der Waals surface area contributed by atoms with Crippen LogP contribution in [-0.2, 0) is 21.1 Å². The van der Waals surface area contributed by atoms with Gasteiger partial charge in [-0.3, -0.25) is 0 Å². The van der Waals surface area contributed by atoms with Gasteiger partial charge in [0, 0.05) is 0 Å². The van der Waals surface area contributed by atoms with Crippen molar-refractivity contribution >= 4 is 0 Å². The van der Waals surface area contributed by atoms with Crippen LogP contribution in [0.5, 0.6) is 0 Å². The molecule has 0 aromatic rings. The van der Waals surface area contributed by atoms with E-state index >= 15 is 0 Å². The van der Waals surface area contributed by atoms with Crippen molar-refractivity contribution in [1.29, 1.82) is 0 Å². The summed E-state index contributed by atoms with van der Waals surface area (Å²) >= 11 is 0. The third kappa shape index (κ3) is 16.1. The van der Waals surface area contributed by atoms with Crippen molar-refractivity contribution < 1.29 is 21.1 Å². The Morgan fingerprint density at radius 3 is 2.00 bits per heavy atom. The second-order valence-electron chi connectivity index (χ2n) is 0.311. The van der Waals surface area contributed by atoms with Crippen LogP contribution in [-0.4, -0.2) is 0 Å². The van der Waals surface area contributed by atoms with Gasteiger partial charge in [-0.25, -0.2) is 0 Å². The summed E-state index contributed by atoms with van der Waals surface area (Å²) < 4.78 is 0. The van der Waals surface area contributed by atoms with Crippen LogP contribution in [0.2, 0.25) is 0 Å². The first-order valence-corrected chi connectivity index (χ1v) is 0.872. The second-order valence-corrected chi connectivity index (χ2v) is 0.311. The zero-order valence-corrected chi connectivity index (χ0v) is 5.50. The fraction of sp³-hybridized carbons (Fsp3) is 0. The molecule has 0 atom stereocenters. The molecule has 0 unspecified atom stereocenters. The first-order chi connectivity index (χ1) is 1.91. The van der Waals surface area contributed by atoms with E-state index in [-0.39, 0.29) is 21.1 Å². The van der Waals surface area contributed by atoms with E-state index in [1.54, 1.807) is 0 Å². The number of allylic oxidation sites excluding steroid dienone is 1. The Morgan fingerprint density at radius 1 is 1.80 bits per heavy atom. The van der Waals surface area contributed by atoms with E-state index in [0.29, 0.717) is 0 Å². The van der Waals surface area contributed by atoms with Gasteiger partial charge >= 0.3 is 21.1 Å². The minimum absolute atomic E-state index is 0. The standard InChI is InChI=1S/C4H2.W/c1-3-4-2;/h1,3H;/q-2;+2. The van der Waals surface area contributed by atoms with Gasteiger partial charge in [-0.1, -0.05) is 0 Å². The van der Waals surface area contributed by atoms with Crippen LogP contribution in [0, 0.1) is 18.9 Å². The van der Waals surface area contributed by atoms with E-state index in [0.717, 1.165) is 6.08 Å². The summed E-state index contributed by atoms with van der Waals surface area (Å²) in [6.45, 7) is 4.60. The van der Waals surface area contributed by atoms with Gasteiger partial charge in [-0.15, -0.1) is 0 Å². The summed E-state index contributed by atoms with van der Waals surface area (Å²) in [5.41, 5.74) is 0. The summed E-state index contributed by atoms with van der Waals surface area (Å²) in [5.74, 6) is 1.83. The fourth-order valence-electron chi connectivity index (χ4n) is 0. The second kappa shape index (κ2) is 9.01. The van der Waals surface area contributed by atoms with Crippen LogP contribution in [0.25, 0.3) is 0 Å². The van der Waals surface area contributed by atoms with Crippen molar-refractivity contribution in [3.63, 3.8) is 0 Å². The third-order valence-electron chi connectivity index (χ3n) is 0.0833. The average Bonchev–Trinajstić information content (AvgIpc) is 1.37. The van der Waals surface area contributed by atoms with Crippen molar-refractivity contribution in [2.45, 2.75) is 0 Å². The Bertz CT molecular complexity index is 49.2. The summed E-state index contributed by atoms with van der Waals surface area (Å²) in [6, 6.07) is 0. The van der Waals surface area contributed by atoms with Crippen LogP contribution in [0.1, 0.15) is 0 Å². The van der Waals surface area contributed by atoms with E-state index in [2.05, 4.69) is 6.58 Å². The molecule has 0 N–H and O–H groups in total. The molecule has 0 saturated heterocycles. The summed E-state index contributed by atoms with van der Waals surface area (Å²) in [7, 11) is 0. The predicted molar refractivity (Wildman–Crippen MR) is 16.0 cm³/mol. The summed E-state index contributed by atoms with van der Waals surface area (Å²) in [4.78, 5) is 0. The van der Waals surface area contributed by atoms with E-state index < -0.39 is 0 Å². The van der Waals surface area contributed by atoms with Crippen LogP contribution in [0.4, 0.5) is 0 Å². The Balaban J connectivity index is 0. The number of hydrogen-bond acceptors (Lipinski definition) is 0. The van der Waals surface area contributed by atoms with Gasteiger partial charge < -0.3 is 25.0 Å². The molecule has 0 amide bonds. The van der Waals surface area contributed by atoms with E-state index in [4.69, 9.17) is 6.42 Å². The largest absolute Gasteiger partial charge is 2.00 e. The zero-order valence-electron chi connectivity index (χ0n) is 2.56. The van der Waals surface area contributed by atoms with Crippen LogP contribution >= 0.6 is 0 Å². The van der Waals surface area contributed by atoms with Gasteiger partial charge in [0.15, 0.2) is 0 Å². The van der Waals surface area contributed by atoms with Crippen molar-refractivity contribution in [3.05, 3.63) is 19.1 Å². The van der Waals surface area contributed by atoms with Gasteiger partial charge in [0.2, 0.25) is 0 Å².